The molecular formula is C42H26N2O. The molecular weight excluding hydrogens is 548 g/mol. The molecule has 3 heteroatoms. The van der Waals surface area contributed by atoms with E-state index < -0.39 is 0 Å². The molecule has 0 bridgehead atoms. The molecule has 7 aromatic carbocycles. The van der Waals surface area contributed by atoms with Gasteiger partial charge in [0.05, 0.1) is 38.8 Å². The molecule has 3 heterocycles. The van der Waals surface area contributed by atoms with Crippen LogP contribution < -0.4 is 0 Å². The molecule has 0 fully saturated rings. The molecule has 0 saturated carbocycles. The van der Waals surface area contributed by atoms with Gasteiger partial charge in [0.2, 0.25) is 0 Å². The summed E-state index contributed by atoms with van der Waals surface area (Å²) in [7, 11) is 0. The molecule has 0 aliphatic rings. The van der Waals surface area contributed by atoms with Gasteiger partial charge in [0, 0.05) is 38.1 Å². The topological polar surface area (TPSA) is 23.0 Å². The molecule has 0 aliphatic carbocycles. The van der Waals surface area contributed by atoms with E-state index in [4.69, 9.17) is 4.42 Å². The number of para-hydroxylation sites is 6. The zero-order valence-electron chi connectivity index (χ0n) is 24.3. The third-order valence-corrected chi connectivity index (χ3v) is 9.34. The molecule has 0 aliphatic heterocycles. The highest BCUT2D eigenvalue weighted by atomic mass is 16.3. The zero-order chi connectivity index (χ0) is 29.5. The lowest BCUT2D eigenvalue weighted by atomic mass is 10.0. The van der Waals surface area contributed by atoms with E-state index in [0.29, 0.717) is 0 Å². The fourth-order valence-corrected chi connectivity index (χ4v) is 7.47. The average molecular weight is 575 g/mol. The molecule has 0 N–H and O–H groups in total. The number of furan rings is 1. The lowest BCUT2D eigenvalue weighted by Crippen LogP contribution is -2.01. The summed E-state index contributed by atoms with van der Waals surface area (Å²) in [5.74, 6) is 0. The Balaban J connectivity index is 1.30. The molecule has 0 unspecified atom stereocenters. The number of fused-ring (bicyclic) bond motifs is 10. The summed E-state index contributed by atoms with van der Waals surface area (Å²) < 4.78 is 11.4. The van der Waals surface area contributed by atoms with Crippen molar-refractivity contribution in [1.29, 1.82) is 0 Å². The van der Waals surface area contributed by atoms with Gasteiger partial charge in [-0.2, -0.15) is 0 Å². The molecule has 10 rings (SSSR count). The molecule has 210 valence electrons. The predicted octanol–water partition coefficient (Wildman–Crippen LogP) is 11.4. The minimum Gasteiger partial charge on any atom is -0.455 e. The van der Waals surface area contributed by atoms with Gasteiger partial charge in [-0.3, -0.25) is 0 Å². The van der Waals surface area contributed by atoms with Crippen LogP contribution in [0.15, 0.2) is 162 Å². The van der Waals surface area contributed by atoms with Crippen LogP contribution >= 0.6 is 0 Å². The van der Waals surface area contributed by atoms with Gasteiger partial charge in [0.25, 0.3) is 0 Å². The number of benzene rings is 7. The third-order valence-electron chi connectivity index (χ3n) is 9.34. The Labute approximate surface area is 258 Å². The van der Waals surface area contributed by atoms with Gasteiger partial charge < -0.3 is 13.6 Å². The highest BCUT2D eigenvalue weighted by Gasteiger charge is 2.22. The third kappa shape index (κ3) is 3.35. The van der Waals surface area contributed by atoms with Gasteiger partial charge in [-0.1, -0.05) is 109 Å². The molecule has 0 atom stereocenters. The largest absolute Gasteiger partial charge is 0.455 e. The van der Waals surface area contributed by atoms with Crippen molar-refractivity contribution >= 4 is 65.6 Å². The van der Waals surface area contributed by atoms with Crippen LogP contribution in [0, 0.1) is 0 Å². The molecule has 0 radical (unpaired) electrons. The second-order valence-corrected chi connectivity index (χ2v) is 11.7. The second kappa shape index (κ2) is 9.22. The highest BCUT2D eigenvalue weighted by Crippen LogP contribution is 2.43. The Morgan fingerprint density at radius 2 is 0.800 bits per heavy atom. The summed E-state index contributed by atoms with van der Waals surface area (Å²) in [6.45, 7) is 0. The van der Waals surface area contributed by atoms with Crippen LogP contribution in [-0.2, 0) is 0 Å². The smallest absolute Gasteiger partial charge is 0.145 e. The monoisotopic (exact) mass is 574 g/mol. The Morgan fingerprint density at radius 3 is 1.44 bits per heavy atom. The minimum atomic E-state index is 0.914. The van der Waals surface area contributed by atoms with Gasteiger partial charge >= 0.3 is 0 Å². The number of nitrogens with zero attached hydrogens (tertiary/aromatic N) is 2. The number of rotatable bonds is 3. The molecule has 0 spiro atoms. The van der Waals surface area contributed by atoms with Crippen molar-refractivity contribution in [2.45, 2.75) is 0 Å². The van der Waals surface area contributed by atoms with Crippen molar-refractivity contribution in [3.63, 3.8) is 0 Å². The van der Waals surface area contributed by atoms with Crippen molar-refractivity contribution in [3.8, 4) is 22.5 Å². The maximum atomic E-state index is 6.57. The average Bonchev–Trinajstić information content (AvgIpc) is 3.76. The summed E-state index contributed by atoms with van der Waals surface area (Å²) in [4.78, 5) is 0. The van der Waals surface area contributed by atoms with Gasteiger partial charge in [-0.05, 0) is 48.5 Å². The van der Waals surface area contributed by atoms with Gasteiger partial charge in [0.15, 0.2) is 0 Å². The van der Waals surface area contributed by atoms with E-state index in [1.54, 1.807) is 0 Å². The highest BCUT2D eigenvalue weighted by molar-refractivity contribution is 6.24. The lowest BCUT2D eigenvalue weighted by molar-refractivity contribution is 0.673. The summed E-state index contributed by atoms with van der Waals surface area (Å²) >= 11 is 0. The first-order valence-electron chi connectivity index (χ1n) is 15.4. The van der Waals surface area contributed by atoms with Crippen LogP contribution in [0.1, 0.15) is 0 Å². The Hall–Kier alpha value is -6.06. The Morgan fingerprint density at radius 1 is 0.333 bits per heavy atom. The van der Waals surface area contributed by atoms with Crippen LogP contribution in [0.2, 0.25) is 0 Å². The molecule has 3 nitrogen and oxygen atoms in total. The van der Waals surface area contributed by atoms with E-state index in [-0.39, 0.29) is 0 Å². The van der Waals surface area contributed by atoms with Crippen molar-refractivity contribution in [3.05, 3.63) is 158 Å². The van der Waals surface area contributed by atoms with E-state index in [1.165, 1.54) is 38.3 Å². The molecule has 0 amide bonds. The van der Waals surface area contributed by atoms with Crippen LogP contribution in [0.4, 0.5) is 0 Å². The van der Waals surface area contributed by atoms with Crippen molar-refractivity contribution in [1.82, 2.24) is 9.13 Å². The van der Waals surface area contributed by atoms with E-state index >= 15 is 0 Å². The fraction of sp³-hybridized carbons (Fsp3) is 0. The number of hydrogen-bond donors (Lipinski definition) is 0. The van der Waals surface area contributed by atoms with Gasteiger partial charge in [0.1, 0.15) is 11.2 Å². The predicted molar refractivity (Wildman–Crippen MR) is 188 cm³/mol. The fourth-order valence-electron chi connectivity index (χ4n) is 7.47. The van der Waals surface area contributed by atoms with Crippen molar-refractivity contribution in [2.24, 2.45) is 0 Å². The first-order chi connectivity index (χ1) is 22.4. The standard InChI is InChI=1S/C42H26N2O/c1-7-19-34-27(13-1)28-14-2-8-20-35(28)43(34)36-21-9-3-15-29(36)30-16-4-10-22-37(30)44-38-23-11-5-18-33(38)41-39(44)26-25-32-31-17-6-12-24-40(31)45-42(32)41/h1-26H. The SMILES string of the molecule is c1ccc(-n2c3ccccc3c3ccccc32)c(-c2ccccc2-n2c3ccccc3c3c4oc5ccccc5c4ccc32)c1. The number of aromatic nitrogens is 2. The summed E-state index contributed by atoms with van der Waals surface area (Å²) in [6, 6.07) is 56.5. The zero-order valence-corrected chi connectivity index (χ0v) is 24.3. The first kappa shape index (κ1) is 24.4. The molecule has 3 aromatic heterocycles. The van der Waals surface area contributed by atoms with Crippen LogP contribution in [0.25, 0.3) is 88.1 Å². The van der Waals surface area contributed by atoms with Crippen LogP contribution in [-0.4, -0.2) is 9.13 Å². The molecule has 45 heavy (non-hydrogen) atoms. The lowest BCUT2D eigenvalue weighted by Gasteiger charge is -2.18. The van der Waals surface area contributed by atoms with Crippen LogP contribution in [0.3, 0.4) is 0 Å². The van der Waals surface area contributed by atoms with Gasteiger partial charge in [-0.25, -0.2) is 0 Å². The quantitative estimate of drug-likeness (QED) is 0.206. The molecule has 0 saturated heterocycles. The first-order valence-corrected chi connectivity index (χ1v) is 15.4. The molecule has 10 aromatic rings. The second-order valence-electron chi connectivity index (χ2n) is 11.7. The van der Waals surface area contributed by atoms with E-state index in [0.717, 1.165) is 49.7 Å². The van der Waals surface area contributed by atoms with E-state index in [9.17, 15) is 0 Å². The van der Waals surface area contributed by atoms with E-state index in [1.807, 2.05) is 6.07 Å². The maximum absolute atomic E-state index is 6.57. The van der Waals surface area contributed by atoms with Crippen molar-refractivity contribution < 1.29 is 4.42 Å². The van der Waals surface area contributed by atoms with E-state index in [2.05, 4.69) is 161 Å². The summed E-state index contributed by atoms with van der Waals surface area (Å²) in [5, 5.41) is 7.13. The minimum absolute atomic E-state index is 0.914. The summed E-state index contributed by atoms with van der Waals surface area (Å²) in [5.41, 5.74) is 11.2. The Kier molecular flexibility index (Phi) is 5.00. The summed E-state index contributed by atoms with van der Waals surface area (Å²) in [6.07, 6.45) is 0. The maximum Gasteiger partial charge on any atom is 0.145 e. The van der Waals surface area contributed by atoms with Gasteiger partial charge in [-0.15, -0.1) is 0 Å². The normalized spacial score (nSPS) is 12.0. The Bertz CT molecular complexity index is 2720. The number of hydrogen-bond acceptors (Lipinski definition) is 1. The van der Waals surface area contributed by atoms with Crippen LogP contribution in [0.5, 0.6) is 0 Å². The van der Waals surface area contributed by atoms with Crippen molar-refractivity contribution in [2.75, 3.05) is 0 Å².